The van der Waals surface area contributed by atoms with Gasteiger partial charge in [-0.25, -0.2) is 0 Å². The van der Waals surface area contributed by atoms with Gasteiger partial charge in [0.25, 0.3) is 0 Å². The summed E-state index contributed by atoms with van der Waals surface area (Å²) < 4.78 is 0. The highest BCUT2D eigenvalue weighted by Gasteiger charge is 2.17. The van der Waals surface area contributed by atoms with Crippen LogP contribution >= 0.6 is 0 Å². The second-order valence-corrected chi connectivity index (χ2v) is 5.57. The molecule has 0 radical (unpaired) electrons. The van der Waals surface area contributed by atoms with Gasteiger partial charge in [0.05, 0.1) is 6.10 Å². The zero-order chi connectivity index (χ0) is 13.7. The van der Waals surface area contributed by atoms with E-state index in [9.17, 15) is 5.11 Å². The largest absolute Gasteiger partial charge is 0.388 e. The molecule has 1 aromatic carbocycles. The molecule has 2 nitrogen and oxygen atoms in total. The molecular formula is C16H27NO. The molecule has 0 bridgehead atoms. The normalized spacial score (nSPS) is 14.6. The van der Waals surface area contributed by atoms with Gasteiger partial charge >= 0.3 is 0 Å². The van der Waals surface area contributed by atoms with E-state index in [1.807, 2.05) is 25.1 Å². The quantitative estimate of drug-likeness (QED) is 0.823. The van der Waals surface area contributed by atoms with Gasteiger partial charge in [0.15, 0.2) is 0 Å². The Bertz CT molecular complexity index is 362. The van der Waals surface area contributed by atoms with Crippen LogP contribution in [-0.4, -0.2) is 18.2 Å². The molecule has 1 aromatic rings. The number of nitrogens with zero attached hydrogens (tertiary/aromatic N) is 1. The Kier molecular flexibility index (Phi) is 5.67. The molecular weight excluding hydrogens is 222 g/mol. The standard InChI is InChI=1S/C16H27NO/c1-6-16(18)14-9-7-8-10-15(14)17(5)13(4)11-12(2)3/h7-10,12-13,16,18H,6,11H2,1-5H3/t13?,16-/m0/s1. The Morgan fingerprint density at radius 3 is 2.33 bits per heavy atom. The van der Waals surface area contributed by atoms with Crippen LogP contribution in [0.25, 0.3) is 0 Å². The molecule has 18 heavy (non-hydrogen) atoms. The average molecular weight is 249 g/mol. The van der Waals surface area contributed by atoms with Crippen LogP contribution in [0.1, 0.15) is 52.2 Å². The van der Waals surface area contributed by atoms with Gasteiger partial charge in [0, 0.05) is 24.3 Å². The highest BCUT2D eigenvalue weighted by molar-refractivity contribution is 5.54. The maximum atomic E-state index is 10.1. The van der Waals surface area contributed by atoms with Crippen molar-refractivity contribution in [1.29, 1.82) is 0 Å². The predicted octanol–water partition coefficient (Wildman–Crippen LogP) is 4.00. The molecule has 2 atom stereocenters. The molecule has 0 amide bonds. The topological polar surface area (TPSA) is 23.5 Å². The Morgan fingerprint density at radius 2 is 1.78 bits per heavy atom. The highest BCUT2D eigenvalue weighted by Crippen LogP contribution is 2.29. The average Bonchev–Trinajstić information content (AvgIpc) is 2.36. The van der Waals surface area contributed by atoms with Crippen molar-refractivity contribution in [2.45, 2.75) is 52.7 Å². The zero-order valence-electron chi connectivity index (χ0n) is 12.4. The van der Waals surface area contributed by atoms with E-state index in [1.165, 1.54) is 0 Å². The smallest absolute Gasteiger partial charge is 0.0807 e. The zero-order valence-corrected chi connectivity index (χ0v) is 12.4. The predicted molar refractivity (Wildman–Crippen MR) is 79.0 cm³/mol. The molecule has 2 heteroatoms. The summed E-state index contributed by atoms with van der Waals surface area (Å²) in [4.78, 5) is 2.29. The van der Waals surface area contributed by atoms with Gasteiger partial charge < -0.3 is 10.0 Å². The minimum absolute atomic E-state index is 0.366. The highest BCUT2D eigenvalue weighted by atomic mass is 16.3. The summed E-state index contributed by atoms with van der Waals surface area (Å²) in [6.45, 7) is 8.75. The molecule has 1 unspecified atom stereocenters. The SMILES string of the molecule is CC[C@H](O)c1ccccc1N(C)C(C)CC(C)C. The molecule has 0 saturated heterocycles. The van der Waals surface area contributed by atoms with Crippen LogP contribution < -0.4 is 4.90 Å². The van der Waals surface area contributed by atoms with E-state index in [0.717, 1.165) is 24.1 Å². The number of hydrogen-bond donors (Lipinski definition) is 1. The number of rotatable bonds is 6. The molecule has 0 aliphatic rings. The van der Waals surface area contributed by atoms with E-state index in [-0.39, 0.29) is 6.10 Å². The first-order chi connectivity index (χ1) is 8.47. The molecule has 0 heterocycles. The van der Waals surface area contributed by atoms with Crippen molar-refractivity contribution in [2.75, 3.05) is 11.9 Å². The Morgan fingerprint density at radius 1 is 1.17 bits per heavy atom. The fourth-order valence-electron chi connectivity index (χ4n) is 2.39. The molecule has 0 spiro atoms. The van der Waals surface area contributed by atoms with Crippen molar-refractivity contribution in [3.05, 3.63) is 29.8 Å². The second-order valence-electron chi connectivity index (χ2n) is 5.57. The third-order valence-corrected chi connectivity index (χ3v) is 3.54. The number of aliphatic hydroxyl groups excluding tert-OH is 1. The third-order valence-electron chi connectivity index (χ3n) is 3.54. The van der Waals surface area contributed by atoms with Gasteiger partial charge in [0.1, 0.15) is 0 Å². The van der Waals surface area contributed by atoms with Crippen molar-refractivity contribution in [3.63, 3.8) is 0 Å². The summed E-state index contributed by atoms with van der Waals surface area (Å²) in [6, 6.07) is 8.65. The van der Waals surface area contributed by atoms with E-state index in [2.05, 4.69) is 38.8 Å². The number of hydrogen-bond acceptors (Lipinski definition) is 2. The summed E-state index contributed by atoms with van der Waals surface area (Å²) in [7, 11) is 2.12. The first kappa shape index (κ1) is 15.0. The first-order valence-electron chi connectivity index (χ1n) is 6.97. The van der Waals surface area contributed by atoms with Crippen LogP contribution in [0.15, 0.2) is 24.3 Å². The third kappa shape index (κ3) is 3.74. The van der Waals surface area contributed by atoms with Crippen LogP contribution in [0.5, 0.6) is 0 Å². The van der Waals surface area contributed by atoms with Crippen LogP contribution in [-0.2, 0) is 0 Å². The monoisotopic (exact) mass is 249 g/mol. The minimum Gasteiger partial charge on any atom is -0.388 e. The van der Waals surface area contributed by atoms with E-state index in [0.29, 0.717) is 12.0 Å². The van der Waals surface area contributed by atoms with Crippen molar-refractivity contribution < 1.29 is 5.11 Å². The molecule has 1 rings (SSSR count). The number of anilines is 1. The van der Waals surface area contributed by atoms with Crippen molar-refractivity contribution >= 4 is 5.69 Å². The van der Waals surface area contributed by atoms with Crippen molar-refractivity contribution in [3.8, 4) is 0 Å². The lowest BCUT2D eigenvalue weighted by atomic mass is 10.0. The van der Waals surface area contributed by atoms with E-state index in [1.54, 1.807) is 0 Å². The van der Waals surface area contributed by atoms with Gasteiger partial charge in [-0.3, -0.25) is 0 Å². The van der Waals surface area contributed by atoms with E-state index < -0.39 is 0 Å². The first-order valence-corrected chi connectivity index (χ1v) is 6.97. The lowest BCUT2D eigenvalue weighted by Crippen LogP contribution is -2.31. The van der Waals surface area contributed by atoms with Crippen LogP contribution in [0.2, 0.25) is 0 Å². The second kappa shape index (κ2) is 6.79. The fraction of sp³-hybridized carbons (Fsp3) is 0.625. The van der Waals surface area contributed by atoms with Crippen LogP contribution in [0, 0.1) is 5.92 Å². The minimum atomic E-state index is -0.366. The van der Waals surface area contributed by atoms with Gasteiger partial charge in [0.2, 0.25) is 0 Å². The van der Waals surface area contributed by atoms with Crippen molar-refractivity contribution in [2.24, 2.45) is 5.92 Å². The lowest BCUT2D eigenvalue weighted by Gasteiger charge is -2.31. The molecule has 102 valence electrons. The molecule has 0 aromatic heterocycles. The molecule has 0 aliphatic heterocycles. The van der Waals surface area contributed by atoms with Gasteiger partial charge in [-0.1, -0.05) is 39.0 Å². The number of para-hydroxylation sites is 1. The maximum absolute atomic E-state index is 10.1. The fourth-order valence-corrected chi connectivity index (χ4v) is 2.39. The van der Waals surface area contributed by atoms with Crippen molar-refractivity contribution in [1.82, 2.24) is 0 Å². The number of aliphatic hydroxyl groups is 1. The summed E-state index contributed by atoms with van der Waals surface area (Å²) in [6.07, 6.45) is 1.55. The van der Waals surface area contributed by atoms with Gasteiger partial charge in [-0.15, -0.1) is 0 Å². The maximum Gasteiger partial charge on any atom is 0.0807 e. The molecule has 0 saturated carbocycles. The molecule has 0 aliphatic carbocycles. The lowest BCUT2D eigenvalue weighted by molar-refractivity contribution is 0.174. The van der Waals surface area contributed by atoms with Crippen LogP contribution in [0.4, 0.5) is 5.69 Å². The van der Waals surface area contributed by atoms with Gasteiger partial charge in [-0.2, -0.15) is 0 Å². The summed E-state index contributed by atoms with van der Waals surface area (Å²) in [5.41, 5.74) is 2.19. The molecule has 0 fully saturated rings. The Balaban J connectivity index is 2.94. The van der Waals surface area contributed by atoms with Gasteiger partial charge in [-0.05, 0) is 31.7 Å². The van der Waals surface area contributed by atoms with E-state index >= 15 is 0 Å². The molecule has 1 N–H and O–H groups in total. The Labute approximate surface area is 112 Å². The summed E-state index contributed by atoms with van der Waals surface area (Å²) >= 11 is 0. The number of benzene rings is 1. The summed E-state index contributed by atoms with van der Waals surface area (Å²) in [5.74, 6) is 0.686. The van der Waals surface area contributed by atoms with E-state index in [4.69, 9.17) is 0 Å². The Hall–Kier alpha value is -1.02. The van der Waals surface area contributed by atoms with Crippen LogP contribution in [0.3, 0.4) is 0 Å². The summed E-state index contributed by atoms with van der Waals surface area (Å²) in [5, 5.41) is 10.1.